The van der Waals surface area contributed by atoms with E-state index in [0.29, 0.717) is 31.1 Å². The number of rotatable bonds is 10. The maximum Gasteiger partial charge on any atom is 0.188 e. The second-order valence-electron chi connectivity index (χ2n) is 6.11. The first-order chi connectivity index (χ1) is 8.91. The van der Waals surface area contributed by atoms with E-state index in [-0.39, 0.29) is 24.0 Å². The van der Waals surface area contributed by atoms with E-state index in [1.54, 1.807) is 0 Å². The molecule has 122 valence electrons. The number of hydrogen-bond donors (Lipinski definition) is 2. The van der Waals surface area contributed by atoms with Crippen LogP contribution in [0, 0.1) is 11.8 Å². The molecule has 5 heteroatoms. The van der Waals surface area contributed by atoms with Crippen LogP contribution in [0.2, 0.25) is 0 Å². The highest BCUT2D eigenvalue weighted by Crippen LogP contribution is 2.07. The Bertz CT molecular complexity index is 245. The van der Waals surface area contributed by atoms with Crippen molar-refractivity contribution in [3.05, 3.63) is 0 Å². The van der Waals surface area contributed by atoms with Gasteiger partial charge in [-0.1, -0.05) is 40.5 Å². The lowest BCUT2D eigenvalue weighted by Crippen LogP contribution is -2.38. The van der Waals surface area contributed by atoms with Gasteiger partial charge in [0.05, 0.1) is 13.2 Å². The van der Waals surface area contributed by atoms with Crippen molar-refractivity contribution in [1.82, 2.24) is 5.32 Å². The lowest BCUT2D eigenvalue weighted by molar-refractivity contribution is 0.117. The van der Waals surface area contributed by atoms with Crippen molar-refractivity contribution in [2.75, 3.05) is 19.8 Å². The molecule has 0 heterocycles. The highest BCUT2D eigenvalue weighted by Gasteiger charge is 2.03. The van der Waals surface area contributed by atoms with Gasteiger partial charge < -0.3 is 15.8 Å². The summed E-state index contributed by atoms with van der Waals surface area (Å²) in [5.41, 5.74) is 5.83. The van der Waals surface area contributed by atoms with Crippen LogP contribution in [0.4, 0.5) is 0 Å². The Morgan fingerprint density at radius 3 is 2.30 bits per heavy atom. The first-order valence-electron chi connectivity index (χ1n) is 7.56. The fourth-order valence-electron chi connectivity index (χ4n) is 1.75. The lowest BCUT2D eigenvalue weighted by Gasteiger charge is -2.15. The average molecular weight is 399 g/mol. The quantitative estimate of drug-likeness (QED) is 0.256. The smallest absolute Gasteiger partial charge is 0.188 e. The van der Waals surface area contributed by atoms with Crippen LogP contribution in [0.1, 0.15) is 53.9 Å². The summed E-state index contributed by atoms with van der Waals surface area (Å²) in [7, 11) is 0. The Balaban J connectivity index is 0. The van der Waals surface area contributed by atoms with Gasteiger partial charge in [-0.15, -0.1) is 24.0 Å². The van der Waals surface area contributed by atoms with Gasteiger partial charge in [-0.2, -0.15) is 0 Å². The molecule has 0 aromatic rings. The molecule has 1 atom stereocenters. The van der Waals surface area contributed by atoms with Crippen molar-refractivity contribution in [1.29, 1.82) is 0 Å². The minimum atomic E-state index is 0. The molecule has 3 N–H and O–H groups in total. The molecule has 0 saturated heterocycles. The van der Waals surface area contributed by atoms with Gasteiger partial charge >= 0.3 is 0 Å². The summed E-state index contributed by atoms with van der Waals surface area (Å²) >= 11 is 0. The van der Waals surface area contributed by atoms with Gasteiger partial charge in [0.2, 0.25) is 0 Å². The van der Waals surface area contributed by atoms with Crippen LogP contribution >= 0.6 is 24.0 Å². The number of guanidine groups is 1. The van der Waals surface area contributed by atoms with E-state index in [1.807, 2.05) is 0 Å². The molecule has 0 aromatic carbocycles. The molecule has 0 radical (unpaired) electrons. The van der Waals surface area contributed by atoms with Crippen LogP contribution in [-0.4, -0.2) is 31.8 Å². The predicted molar refractivity (Wildman–Crippen MR) is 98.8 cm³/mol. The monoisotopic (exact) mass is 399 g/mol. The van der Waals surface area contributed by atoms with E-state index < -0.39 is 0 Å². The average Bonchev–Trinajstić information content (AvgIpc) is 2.27. The third kappa shape index (κ3) is 16.0. The van der Waals surface area contributed by atoms with Crippen molar-refractivity contribution in [3.63, 3.8) is 0 Å². The molecule has 4 nitrogen and oxygen atoms in total. The maximum absolute atomic E-state index is 5.83. The second kappa shape index (κ2) is 13.9. The lowest BCUT2D eigenvalue weighted by atomic mass is 10.0. The van der Waals surface area contributed by atoms with Gasteiger partial charge in [0.1, 0.15) is 0 Å². The third-order valence-electron chi connectivity index (χ3n) is 2.78. The van der Waals surface area contributed by atoms with Crippen LogP contribution < -0.4 is 11.1 Å². The Kier molecular flexibility index (Phi) is 15.5. The van der Waals surface area contributed by atoms with Crippen LogP contribution in [0.25, 0.3) is 0 Å². The maximum atomic E-state index is 5.83. The van der Waals surface area contributed by atoms with E-state index in [0.717, 1.165) is 18.9 Å². The predicted octanol–water partition coefficient (Wildman–Crippen LogP) is 3.40. The molecule has 0 bridgehead atoms. The topological polar surface area (TPSA) is 59.6 Å². The van der Waals surface area contributed by atoms with E-state index in [9.17, 15) is 0 Å². The van der Waals surface area contributed by atoms with E-state index >= 15 is 0 Å². The Labute approximate surface area is 142 Å². The summed E-state index contributed by atoms with van der Waals surface area (Å²) in [4.78, 5) is 4.26. The first-order valence-corrected chi connectivity index (χ1v) is 7.56. The van der Waals surface area contributed by atoms with Crippen molar-refractivity contribution < 1.29 is 4.74 Å². The van der Waals surface area contributed by atoms with Crippen LogP contribution in [0.5, 0.6) is 0 Å². The fourth-order valence-corrected chi connectivity index (χ4v) is 1.75. The fraction of sp³-hybridized carbons (Fsp3) is 0.933. The van der Waals surface area contributed by atoms with Crippen LogP contribution in [0.3, 0.4) is 0 Å². The number of hydrogen-bond acceptors (Lipinski definition) is 2. The molecule has 0 fully saturated rings. The zero-order chi connectivity index (χ0) is 14.7. The first kappa shape index (κ1) is 22.2. The molecule has 0 amide bonds. The zero-order valence-corrected chi connectivity index (χ0v) is 16.1. The summed E-state index contributed by atoms with van der Waals surface area (Å²) in [6.07, 6.45) is 3.64. The van der Waals surface area contributed by atoms with E-state index in [2.05, 4.69) is 44.9 Å². The number of nitrogens with one attached hydrogen (secondary N) is 1. The standard InChI is InChI=1S/C15H33N3O.HI/c1-12(2)7-6-8-14(5)18-15(16)17-9-10-19-11-13(3)4;/h12-14H,6-11H2,1-5H3,(H3,16,17,18);1H. The zero-order valence-electron chi connectivity index (χ0n) is 13.8. The number of ether oxygens (including phenoxy) is 1. The van der Waals surface area contributed by atoms with Gasteiger partial charge in [-0.05, 0) is 25.2 Å². The third-order valence-corrected chi connectivity index (χ3v) is 2.78. The number of aliphatic imine (C=N–C) groups is 1. The van der Waals surface area contributed by atoms with Crippen molar-refractivity contribution >= 4 is 29.9 Å². The molecule has 0 aromatic heterocycles. The van der Waals surface area contributed by atoms with Gasteiger partial charge in [-0.3, -0.25) is 4.99 Å². The van der Waals surface area contributed by atoms with Crippen molar-refractivity contribution in [2.45, 2.75) is 59.9 Å². The van der Waals surface area contributed by atoms with Gasteiger partial charge in [0, 0.05) is 12.6 Å². The molecule has 0 aliphatic rings. The summed E-state index contributed by atoms with van der Waals surface area (Å²) in [5, 5.41) is 3.23. The Morgan fingerprint density at radius 2 is 1.75 bits per heavy atom. The normalized spacial score (nSPS) is 13.4. The molecular formula is C15H34IN3O. The summed E-state index contributed by atoms with van der Waals surface area (Å²) < 4.78 is 5.45. The molecule has 0 aliphatic carbocycles. The molecule has 0 spiro atoms. The van der Waals surface area contributed by atoms with Crippen molar-refractivity contribution in [2.24, 2.45) is 22.6 Å². The minimum Gasteiger partial charge on any atom is -0.379 e. The molecular weight excluding hydrogens is 365 g/mol. The Hall–Kier alpha value is -0.0400. The largest absolute Gasteiger partial charge is 0.379 e. The highest BCUT2D eigenvalue weighted by molar-refractivity contribution is 14.0. The molecule has 0 saturated carbocycles. The van der Waals surface area contributed by atoms with E-state index in [1.165, 1.54) is 12.8 Å². The van der Waals surface area contributed by atoms with Gasteiger partial charge in [0.15, 0.2) is 5.96 Å². The van der Waals surface area contributed by atoms with Crippen LogP contribution in [0.15, 0.2) is 4.99 Å². The SMILES string of the molecule is CC(C)CCCC(C)NC(N)=NCCOCC(C)C.I. The second-order valence-corrected chi connectivity index (χ2v) is 6.11. The summed E-state index contributed by atoms with van der Waals surface area (Å²) in [6.45, 7) is 13.0. The summed E-state index contributed by atoms with van der Waals surface area (Å²) in [5.74, 6) is 1.88. The molecule has 0 aliphatic heterocycles. The number of nitrogens with zero attached hydrogens (tertiary/aromatic N) is 1. The molecule has 20 heavy (non-hydrogen) atoms. The number of nitrogens with two attached hydrogens (primary N) is 1. The van der Waals surface area contributed by atoms with E-state index in [4.69, 9.17) is 10.5 Å². The molecule has 1 unspecified atom stereocenters. The highest BCUT2D eigenvalue weighted by atomic mass is 127. The van der Waals surface area contributed by atoms with Crippen molar-refractivity contribution in [3.8, 4) is 0 Å². The van der Waals surface area contributed by atoms with Gasteiger partial charge in [-0.25, -0.2) is 0 Å². The summed E-state index contributed by atoms with van der Waals surface area (Å²) in [6, 6.07) is 0.388. The molecule has 0 rings (SSSR count). The van der Waals surface area contributed by atoms with Gasteiger partial charge in [0.25, 0.3) is 0 Å². The minimum absolute atomic E-state index is 0. The number of halogens is 1. The Morgan fingerprint density at radius 1 is 1.10 bits per heavy atom. The van der Waals surface area contributed by atoms with Crippen LogP contribution in [-0.2, 0) is 4.74 Å².